The average Bonchev–Trinajstić information content (AvgIpc) is 2.37. The maximum absolute atomic E-state index is 11.6. The maximum Gasteiger partial charge on any atom is 0.317 e. The molecule has 0 amide bonds. The van der Waals surface area contributed by atoms with Gasteiger partial charge in [-0.05, 0) is 55.2 Å². The van der Waals surface area contributed by atoms with Gasteiger partial charge in [-0.15, -0.1) is 0 Å². The summed E-state index contributed by atoms with van der Waals surface area (Å²) in [6.45, 7) is 5.97. The molecule has 0 radical (unpaired) electrons. The minimum Gasteiger partial charge on any atom is -0.480 e. The van der Waals surface area contributed by atoms with Crippen LogP contribution in [-0.4, -0.2) is 16.1 Å². The van der Waals surface area contributed by atoms with Gasteiger partial charge in [-0.2, -0.15) is 0 Å². The molecule has 1 aromatic heterocycles. The first-order chi connectivity index (χ1) is 9.00. The lowest BCUT2D eigenvalue weighted by Gasteiger charge is -2.16. The summed E-state index contributed by atoms with van der Waals surface area (Å²) in [7, 11) is 0. The molecule has 1 aromatic carbocycles. The monoisotopic (exact) mass is 255 g/mol. The molecule has 19 heavy (non-hydrogen) atoms. The Morgan fingerprint density at radius 1 is 1.11 bits per heavy atom. The van der Waals surface area contributed by atoms with E-state index in [0.29, 0.717) is 5.69 Å². The second kappa shape index (κ2) is 5.22. The van der Waals surface area contributed by atoms with E-state index in [-0.39, 0.29) is 0 Å². The van der Waals surface area contributed by atoms with Crippen LogP contribution in [0.2, 0.25) is 0 Å². The van der Waals surface area contributed by atoms with Gasteiger partial charge in [0.15, 0.2) is 0 Å². The fourth-order valence-corrected chi connectivity index (χ4v) is 2.26. The fourth-order valence-electron chi connectivity index (χ4n) is 2.26. The Labute approximate surface area is 112 Å². The van der Waals surface area contributed by atoms with E-state index < -0.39 is 11.9 Å². The van der Waals surface area contributed by atoms with Crippen LogP contribution in [0.1, 0.15) is 33.9 Å². The van der Waals surface area contributed by atoms with E-state index in [1.54, 1.807) is 18.3 Å². The van der Waals surface area contributed by atoms with Crippen LogP contribution in [0.3, 0.4) is 0 Å². The molecule has 2 aromatic rings. The Morgan fingerprint density at radius 3 is 2.37 bits per heavy atom. The van der Waals surface area contributed by atoms with Crippen LogP contribution < -0.4 is 0 Å². The van der Waals surface area contributed by atoms with Crippen LogP contribution in [0.4, 0.5) is 0 Å². The summed E-state index contributed by atoms with van der Waals surface area (Å²) in [4.78, 5) is 15.8. The van der Waals surface area contributed by atoms with E-state index in [0.717, 1.165) is 16.7 Å². The predicted octanol–water partition coefficient (Wildman–Crippen LogP) is 3.22. The number of benzene rings is 1. The lowest BCUT2D eigenvalue weighted by atomic mass is 9.89. The van der Waals surface area contributed by atoms with Crippen LogP contribution in [0, 0.1) is 20.8 Å². The molecule has 1 unspecified atom stereocenters. The molecule has 0 bridgehead atoms. The van der Waals surface area contributed by atoms with Gasteiger partial charge in [-0.25, -0.2) is 0 Å². The van der Waals surface area contributed by atoms with Crippen LogP contribution >= 0.6 is 0 Å². The fraction of sp³-hybridized carbons (Fsp3) is 0.250. The number of hydrogen-bond acceptors (Lipinski definition) is 2. The van der Waals surface area contributed by atoms with E-state index in [2.05, 4.69) is 4.98 Å². The third-order valence-electron chi connectivity index (χ3n) is 3.42. The van der Waals surface area contributed by atoms with Gasteiger partial charge in [0.1, 0.15) is 5.92 Å². The standard InChI is InChI=1S/C16H17NO2/c1-10-8-12(3)13(9-11(10)2)15(16(18)19)14-6-4-5-7-17-14/h4-9,15H,1-3H3,(H,18,19). The topological polar surface area (TPSA) is 50.2 Å². The van der Waals surface area contributed by atoms with Crippen molar-refractivity contribution in [2.24, 2.45) is 0 Å². The maximum atomic E-state index is 11.6. The molecule has 98 valence electrons. The highest BCUT2D eigenvalue weighted by Gasteiger charge is 2.25. The van der Waals surface area contributed by atoms with Crippen LogP contribution in [0.5, 0.6) is 0 Å². The molecule has 0 spiro atoms. The second-order valence-electron chi connectivity index (χ2n) is 4.82. The minimum atomic E-state index is -0.870. The summed E-state index contributed by atoms with van der Waals surface area (Å²) in [5.41, 5.74) is 4.64. The largest absolute Gasteiger partial charge is 0.480 e. The average molecular weight is 255 g/mol. The van der Waals surface area contributed by atoms with Gasteiger partial charge in [-0.1, -0.05) is 18.2 Å². The Hall–Kier alpha value is -2.16. The summed E-state index contributed by atoms with van der Waals surface area (Å²) in [5.74, 6) is -1.58. The van der Waals surface area contributed by atoms with Gasteiger partial charge in [-0.3, -0.25) is 9.78 Å². The molecule has 2 rings (SSSR count). The summed E-state index contributed by atoms with van der Waals surface area (Å²) in [6, 6.07) is 9.35. The number of aromatic nitrogens is 1. The summed E-state index contributed by atoms with van der Waals surface area (Å²) in [6.07, 6.45) is 1.63. The highest BCUT2D eigenvalue weighted by molar-refractivity contribution is 5.80. The van der Waals surface area contributed by atoms with Gasteiger partial charge in [0.25, 0.3) is 0 Å². The quantitative estimate of drug-likeness (QED) is 0.916. The van der Waals surface area contributed by atoms with E-state index in [9.17, 15) is 9.90 Å². The zero-order valence-electron chi connectivity index (χ0n) is 11.3. The zero-order valence-corrected chi connectivity index (χ0v) is 11.3. The Morgan fingerprint density at radius 2 is 1.79 bits per heavy atom. The van der Waals surface area contributed by atoms with Gasteiger partial charge in [0.2, 0.25) is 0 Å². The molecule has 0 aliphatic heterocycles. The van der Waals surface area contributed by atoms with Gasteiger partial charge in [0.05, 0.1) is 5.69 Å². The number of rotatable bonds is 3. The van der Waals surface area contributed by atoms with E-state index in [4.69, 9.17) is 0 Å². The van der Waals surface area contributed by atoms with Gasteiger partial charge < -0.3 is 5.11 Å². The SMILES string of the molecule is Cc1cc(C)c(C(C(=O)O)c2ccccn2)cc1C. The highest BCUT2D eigenvalue weighted by atomic mass is 16.4. The molecule has 1 heterocycles. The van der Waals surface area contributed by atoms with Crippen molar-refractivity contribution in [1.29, 1.82) is 0 Å². The number of pyridine rings is 1. The Kier molecular flexibility index (Phi) is 3.65. The number of aliphatic carboxylic acids is 1. The molecular weight excluding hydrogens is 238 g/mol. The smallest absolute Gasteiger partial charge is 0.317 e. The number of carbonyl (C=O) groups is 1. The van der Waals surface area contributed by atoms with Gasteiger partial charge >= 0.3 is 5.97 Å². The molecule has 0 fully saturated rings. The highest BCUT2D eigenvalue weighted by Crippen LogP contribution is 2.28. The number of aryl methyl sites for hydroxylation is 3. The minimum absolute atomic E-state index is 0.571. The second-order valence-corrected chi connectivity index (χ2v) is 4.82. The summed E-state index contributed by atoms with van der Waals surface area (Å²) in [5, 5.41) is 9.52. The van der Waals surface area contributed by atoms with Gasteiger partial charge in [0, 0.05) is 6.20 Å². The van der Waals surface area contributed by atoms with Crippen molar-refractivity contribution in [2.45, 2.75) is 26.7 Å². The van der Waals surface area contributed by atoms with Crippen molar-refractivity contribution in [3.05, 3.63) is 64.5 Å². The molecule has 3 heteroatoms. The summed E-state index contributed by atoms with van der Waals surface area (Å²) >= 11 is 0. The van der Waals surface area contributed by atoms with E-state index >= 15 is 0 Å². The van der Waals surface area contributed by atoms with Crippen molar-refractivity contribution in [1.82, 2.24) is 4.98 Å². The van der Waals surface area contributed by atoms with E-state index in [1.807, 2.05) is 39.0 Å². The lowest BCUT2D eigenvalue weighted by Crippen LogP contribution is -2.16. The van der Waals surface area contributed by atoms with Crippen molar-refractivity contribution >= 4 is 5.97 Å². The van der Waals surface area contributed by atoms with Crippen LogP contribution in [0.15, 0.2) is 36.5 Å². The third-order valence-corrected chi connectivity index (χ3v) is 3.42. The van der Waals surface area contributed by atoms with Crippen molar-refractivity contribution in [3.63, 3.8) is 0 Å². The first-order valence-corrected chi connectivity index (χ1v) is 6.22. The number of nitrogens with zero attached hydrogens (tertiary/aromatic N) is 1. The predicted molar refractivity (Wildman–Crippen MR) is 74.4 cm³/mol. The lowest BCUT2D eigenvalue weighted by molar-refractivity contribution is -0.137. The molecule has 0 saturated carbocycles. The van der Waals surface area contributed by atoms with Crippen LogP contribution in [-0.2, 0) is 4.79 Å². The molecule has 1 atom stereocenters. The number of carboxylic acids is 1. The van der Waals surface area contributed by atoms with Crippen LogP contribution in [0.25, 0.3) is 0 Å². The molecule has 3 nitrogen and oxygen atoms in total. The van der Waals surface area contributed by atoms with Crippen molar-refractivity contribution in [2.75, 3.05) is 0 Å². The van der Waals surface area contributed by atoms with Crippen molar-refractivity contribution < 1.29 is 9.90 Å². The Bertz CT molecular complexity index is 606. The zero-order chi connectivity index (χ0) is 14.0. The third kappa shape index (κ3) is 2.65. The first-order valence-electron chi connectivity index (χ1n) is 6.22. The molecule has 0 saturated heterocycles. The van der Waals surface area contributed by atoms with E-state index in [1.165, 1.54) is 5.56 Å². The Balaban J connectivity index is 2.58. The molecule has 1 N–H and O–H groups in total. The first kappa shape index (κ1) is 13.3. The normalized spacial score (nSPS) is 12.2. The molecular formula is C16H17NO2. The molecule has 0 aliphatic rings. The molecule has 0 aliphatic carbocycles. The summed E-state index contributed by atoms with van der Waals surface area (Å²) < 4.78 is 0. The number of hydrogen-bond donors (Lipinski definition) is 1. The van der Waals surface area contributed by atoms with Crippen molar-refractivity contribution in [3.8, 4) is 0 Å². The number of carboxylic acid groups (broad SMARTS) is 1.